The van der Waals surface area contributed by atoms with Crippen molar-refractivity contribution in [1.82, 2.24) is 9.97 Å². The van der Waals surface area contributed by atoms with Crippen LogP contribution in [-0.4, -0.2) is 9.97 Å². The summed E-state index contributed by atoms with van der Waals surface area (Å²) in [6.07, 6.45) is 0. The summed E-state index contributed by atoms with van der Waals surface area (Å²) in [4.78, 5) is 19.8. The number of aromatic nitrogens is 2. The first kappa shape index (κ1) is 13.6. The predicted octanol–water partition coefficient (Wildman–Crippen LogP) is 4.02. The summed E-state index contributed by atoms with van der Waals surface area (Å²) >= 11 is 0. The Balaban J connectivity index is 2.18. The van der Waals surface area contributed by atoms with Crippen molar-refractivity contribution in [1.29, 1.82) is 0 Å². The van der Waals surface area contributed by atoms with Crippen molar-refractivity contribution < 1.29 is 0 Å². The van der Waals surface area contributed by atoms with Gasteiger partial charge in [0, 0.05) is 5.56 Å². The molecule has 1 heterocycles. The van der Waals surface area contributed by atoms with Crippen LogP contribution in [-0.2, 0) is 0 Å². The standard InChI is InChI=1S/C18H18N2O/c1-11(2)14-8-9-16-15(10-14)18(21)20-17(19-16)13-6-4-12(3)5-7-13/h4-11H,1-3H3,(H,19,20,21). The molecule has 1 N–H and O–H groups in total. The van der Waals surface area contributed by atoms with E-state index in [2.05, 4.69) is 23.8 Å². The van der Waals surface area contributed by atoms with Crippen LogP contribution in [0.15, 0.2) is 47.3 Å². The molecule has 1 aromatic heterocycles. The molecule has 21 heavy (non-hydrogen) atoms. The highest BCUT2D eigenvalue weighted by molar-refractivity contribution is 5.80. The first-order chi connectivity index (χ1) is 10.0. The van der Waals surface area contributed by atoms with Crippen LogP contribution in [0.1, 0.15) is 30.9 Å². The van der Waals surface area contributed by atoms with Gasteiger partial charge in [0.1, 0.15) is 5.82 Å². The molecule has 106 valence electrons. The molecule has 0 amide bonds. The Labute approximate surface area is 123 Å². The van der Waals surface area contributed by atoms with Crippen molar-refractivity contribution in [2.75, 3.05) is 0 Å². The third-order valence-electron chi connectivity index (χ3n) is 3.72. The lowest BCUT2D eigenvalue weighted by Gasteiger charge is -2.07. The molecule has 0 spiro atoms. The molecule has 3 heteroatoms. The Bertz CT molecular complexity index is 845. The Morgan fingerprint density at radius 2 is 1.76 bits per heavy atom. The predicted molar refractivity (Wildman–Crippen MR) is 86.6 cm³/mol. The number of nitrogens with one attached hydrogen (secondary N) is 1. The lowest BCUT2D eigenvalue weighted by Crippen LogP contribution is -2.10. The van der Waals surface area contributed by atoms with Gasteiger partial charge in [0.25, 0.3) is 5.56 Å². The van der Waals surface area contributed by atoms with E-state index >= 15 is 0 Å². The van der Waals surface area contributed by atoms with E-state index in [9.17, 15) is 4.79 Å². The van der Waals surface area contributed by atoms with Crippen molar-refractivity contribution in [3.8, 4) is 11.4 Å². The highest BCUT2D eigenvalue weighted by Crippen LogP contribution is 2.20. The van der Waals surface area contributed by atoms with Gasteiger partial charge in [-0.2, -0.15) is 0 Å². The number of H-pyrrole nitrogens is 1. The maximum Gasteiger partial charge on any atom is 0.259 e. The van der Waals surface area contributed by atoms with E-state index in [1.807, 2.05) is 49.4 Å². The summed E-state index contributed by atoms with van der Waals surface area (Å²) in [7, 11) is 0. The summed E-state index contributed by atoms with van der Waals surface area (Å²) < 4.78 is 0. The molecule has 0 atom stereocenters. The molecule has 0 unspecified atom stereocenters. The fraction of sp³-hybridized carbons (Fsp3) is 0.222. The second-order valence-corrected chi connectivity index (χ2v) is 5.71. The highest BCUT2D eigenvalue weighted by atomic mass is 16.1. The number of hydrogen-bond donors (Lipinski definition) is 1. The highest BCUT2D eigenvalue weighted by Gasteiger charge is 2.08. The molecular weight excluding hydrogens is 260 g/mol. The molecule has 0 aliphatic carbocycles. The van der Waals surface area contributed by atoms with Crippen LogP contribution in [0.4, 0.5) is 0 Å². The lowest BCUT2D eigenvalue weighted by molar-refractivity contribution is 0.868. The monoisotopic (exact) mass is 278 g/mol. The molecule has 3 aromatic rings. The summed E-state index contributed by atoms with van der Waals surface area (Å²) in [5.41, 5.74) is 3.91. The van der Waals surface area contributed by atoms with Crippen LogP contribution in [0, 0.1) is 6.92 Å². The van der Waals surface area contributed by atoms with E-state index in [0.717, 1.165) is 16.6 Å². The largest absolute Gasteiger partial charge is 0.306 e. The zero-order valence-corrected chi connectivity index (χ0v) is 12.5. The number of hydrogen-bond acceptors (Lipinski definition) is 2. The van der Waals surface area contributed by atoms with Gasteiger partial charge in [-0.3, -0.25) is 4.79 Å². The fourth-order valence-electron chi connectivity index (χ4n) is 2.36. The van der Waals surface area contributed by atoms with Gasteiger partial charge >= 0.3 is 0 Å². The maximum absolute atomic E-state index is 12.3. The van der Waals surface area contributed by atoms with Gasteiger partial charge in [-0.1, -0.05) is 49.7 Å². The van der Waals surface area contributed by atoms with Gasteiger partial charge in [-0.05, 0) is 30.5 Å². The Morgan fingerprint density at radius 3 is 2.43 bits per heavy atom. The van der Waals surface area contributed by atoms with E-state index in [1.54, 1.807) is 0 Å². The van der Waals surface area contributed by atoms with Gasteiger partial charge < -0.3 is 4.98 Å². The van der Waals surface area contributed by atoms with E-state index in [1.165, 1.54) is 5.56 Å². The number of aromatic amines is 1. The second kappa shape index (κ2) is 5.17. The van der Waals surface area contributed by atoms with Crippen LogP contribution < -0.4 is 5.56 Å². The van der Waals surface area contributed by atoms with Crippen LogP contribution in [0.3, 0.4) is 0 Å². The minimum Gasteiger partial charge on any atom is -0.306 e. The number of fused-ring (bicyclic) bond motifs is 1. The third-order valence-corrected chi connectivity index (χ3v) is 3.72. The van der Waals surface area contributed by atoms with Crippen molar-refractivity contribution in [3.63, 3.8) is 0 Å². The average molecular weight is 278 g/mol. The minimum absolute atomic E-state index is 0.0851. The van der Waals surface area contributed by atoms with Crippen LogP contribution in [0.2, 0.25) is 0 Å². The summed E-state index contributed by atoms with van der Waals surface area (Å²) in [6.45, 7) is 6.26. The molecular formula is C18H18N2O. The first-order valence-corrected chi connectivity index (χ1v) is 7.15. The fourth-order valence-corrected chi connectivity index (χ4v) is 2.36. The van der Waals surface area contributed by atoms with Crippen molar-refractivity contribution in [2.45, 2.75) is 26.7 Å². The zero-order chi connectivity index (χ0) is 15.0. The summed E-state index contributed by atoms with van der Waals surface area (Å²) in [5, 5.41) is 0.650. The molecule has 2 aromatic carbocycles. The van der Waals surface area contributed by atoms with Crippen molar-refractivity contribution >= 4 is 10.9 Å². The minimum atomic E-state index is -0.0851. The molecule has 0 aliphatic rings. The first-order valence-electron chi connectivity index (χ1n) is 7.15. The number of rotatable bonds is 2. The Hall–Kier alpha value is -2.42. The van der Waals surface area contributed by atoms with Crippen LogP contribution in [0.5, 0.6) is 0 Å². The third kappa shape index (κ3) is 2.59. The lowest BCUT2D eigenvalue weighted by atomic mass is 10.0. The number of nitrogens with zero attached hydrogens (tertiary/aromatic N) is 1. The molecule has 0 aliphatic heterocycles. The van der Waals surface area contributed by atoms with Crippen LogP contribution in [0.25, 0.3) is 22.3 Å². The van der Waals surface area contributed by atoms with Gasteiger partial charge in [0.2, 0.25) is 0 Å². The van der Waals surface area contributed by atoms with Gasteiger partial charge in [-0.25, -0.2) is 4.98 Å². The maximum atomic E-state index is 12.3. The second-order valence-electron chi connectivity index (χ2n) is 5.71. The molecule has 0 fully saturated rings. The van der Waals surface area contributed by atoms with E-state index in [0.29, 0.717) is 17.1 Å². The van der Waals surface area contributed by atoms with Gasteiger partial charge in [-0.15, -0.1) is 0 Å². The average Bonchev–Trinajstić information content (AvgIpc) is 2.47. The molecule has 3 nitrogen and oxygen atoms in total. The van der Waals surface area contributed by atoms with E-state index in [4.69, 9.17) is 0 Å². The molecule has 0 radical (unpaired) electrons. The van der Waals surface area contributed by atoms with Crippen LogP contribution >= 0.6 is 0 Å². The normalized spacial score (nSPS) is 11.2. The zero-order valence-electron chi connectivity index (χ0n) is 12.5. The molecule has 3 rings (SSSR count). The van der Waals surface area contributed by atoms with Crippen molar-refractivity contribution in [3.05, 3.63) is 63.9 Å². The number of aryl methyl sites for hydroxylation is 1. The summed E-state index contributed by atoms with van der Waals surface area (Å²) in [5.74, 6) is 1.01. The smallest absolute Gasteiger partial charge is 0.259 e. The Kier molecular flexibility index (Phi) is 3.34. The van der Waals surface area contributed by atoms with E-state index in [-0.39, 0.29) is 5.56 Å². The SMILES string of the molecule is Cc1ccc(-c2nc3ccc(C(C)C)cc3c(=O)[nH]2)cc1. The summed E-state index contributed by atoms with van der Waals surface area (Å²) in [6, 6.07) is 13.9. The number of benzene rings is 2. The molecule has 0 saturated heterocycles. The van der Waals surface area contributed by atoms with Gasteiger partial charge in [0.05, 0.1) is 10.9 Å². The topological polar surface area (TPSA) is 45.8 Å². The quantitative estimate of drug-likeness (QED) is 0.769. The molecule has 0 saturated carbocycles. The molecule has 0 bridgehead atoms. The Morgan fingerprint density at radius 1 is 1.05 bits per heavy atom. The van der Waals surface area contributed by atoms with Crippen molar-refractivity contribution in [2.24, 2.45) is 0 Å². The van der Waals surface area contributed by atoms with Gasteiger partial charge in [0.15, 0.2) is 0 Å². The van der Waals surface area contributed by atoms with E-state index < -0.39 is 0 Å².